The number of nitrogens with one attached hydrogen (secondary N) is 1. The van der Waals surface area contributed by atoms with E-state index in [9.17, 15) is 22.0 Å². The zero-order valence-electron chi connectivity index (χ0n) is 11.6. The summed E-state index contributed by atoms with van der Waals surface area (Å²) in [7, 11) is 0. The van der Waals surface area contributed by atoms with E-state index in [2.05, 4.69) is 14.8 Å². The monoisotopic (exact) mass is 313 g/mol. The van der Waals surface area contributed by atoms with Crippen molar-refractivity contribution < 1.29 is 31.4 Å². The molecule has 0 heterocycles. The molecule has 0 amide bonds. The number of hydrogen-bond acceptors (Lipinski definition) is 3. The number of rotatable bonds is 7. The second kappa shape index (κ2) is 7.56. The van der Waals surface area contributed by atoms with Gasteiger partial charge in [-0.3, -0.25) is 4.74 Å². The number of ether oxygens (including phenoxy) is 2. The van der Waals surface area contributed by atoms with Gasteiger partial charge in [-0.15, -0.1) is 13.2 Å². The van der Waals surface area contributed by atoms with Crippen molar-refractivity contribution in [3.63, 3.8) is 0 Å². The maximum Gasteiger partial charge on any atom is 0.522 e. The van der Waals surface area contributed by atoms with Gasteiger partial charge in [0, 0.05) is 12.6 Å². The Morgan fingerprint density at radius 3 is 2.14 bits per heavy atom. The minimum absolute atomic E-state index is 0.145. The van der Waals surface area contributed by atoms with Crippen LogP contribution in [0.1, 0.15) is 19.4 Å². The molecule has 8 heteroatoms. The fourth-order valence-corrected chi connectivity index (χ4v) is 1.48. The topological polar surface area (TPSA) is 30.5 Å². The first-order valence-corrected chi connectivity index (χ1v) is 6.24. The summed E-state index contributed by atoms with van der Waals surface area (Å²) in [6.07, 6.45) is -4.80. The molecule has 0 bridgehead atoms. The van der Waals surface area contributed by atoms with Gasteiger partial charge in [-0.05, 0) is 17.7 Å². The molecule has 0 aliphatic heterocycles. The summed E-state index contributed by atoms with van der Waals surface area (Å²) < 4.78 is 70.5. The second-order valence-corrected chi connectivity index (χ2v) is 4.57. The van der Waals surface area contributed by atoms with Crippen molar-refractivity contribution in [3.05, 3.63) is 29.3 Å². The van der Waals surface area contributed by atoms with Crippen molar-refractivity contribution >= 4 is 0 Å². The molecular weight excluding hydrogens is 297 g/mol. The molecule has 1 aromatic rings. The van der Waals surface area contributed by atoms with Gasteiger partial charge in [0.1, 0.15) is 6.61 Å². The van der Waals surface area contributed by atoms with Crippen LogP contribution in [-0.2, 0) is 11.3 Å². The average Bonchev–Trinajstić information content (AvgIpc) is 2.33. The molecule has 1 N–H and O–H groups in total. The van der Waals surface area contributed by atoms with Gasteiger partial charge in [-0.1, -0.05) is 13.8 Å². The lowest BCUT2D eigenvalue weighted by Crippen LogP contribution is -2.22. The SMILES string of the molecule is CC(C)NCc1cc(F)c(OCCOC(F)(F)F)c(F)c1. The summed E-state index contributed by atoms with van der Waals surface area (Å²) >= 11 is 0. The van der Waals surface area contributed by atoms with E-state index in [1.807, 2.05) is 13.8 Å². The average molecular weight is 313 g/mol. The van der Waals surface area contributed by atoms with E-state index in [1.54, 1.807) is 0 Å². The van der Waals surface area contributed by atoms with Crippen molar-refractivity contribution in [1.82, 2.24) is 5.32 Å². The van der Waals surface area contributed by atoms with Crippen LogP contribution in [0.5, 0.6) is 5.75 Å². The summed E-state index contributed by atoms with van der Waals surface area (Å²) in [5, 5.41) is 2.99. The molecule has 0 unspecified atom stereocenters. The van der Waals surface area contributed by atoms with Crippen molar-refractivity contribution in [1.29, 1.82) is 0 Å². The summed E-state index contributed by atoms with van der Waals surface area (Å²) in [6, 6.07) is 2.28. The molecule has 0 saturated carbocycles. The first-order valence-electron chi connectivity index (χ1n) is 6.24. The summed E-state index contributed by atoms with van der Waals surface area (Å²) in [5.74, 6) is -2.65. The Kier molecular flexibility index (Phi) is 6.35. The molecule has 0 aliphatic carbocycles. The predicted molar refractivity (Wildman–Crippen MR) is 65.8 cm³/mol. The van der Waals surface area contributed by atoms with Gasteiger partial charge in [-0.25, -0.2) is 8.78 Å². The minimum atomic E-state index is -4.80. The van der Waals surface area contributed by atoms with E-state index >= 15 is 0 Å². The molecule has 0 aromatic heterocycles. The van der Waals surface area contributed by atoms with Crippen LogP contribution >= 0.6 is 0 Å². The normalized spacial score (nSPS) is 12.0. The molecule has 120 valence electrons. The Labute approximate surface area is 119 Å². The van der Waals surface area contributed by atoms with Gasteiger partial charge in [0.2, 0.25) is 0 Å². The summed E-state index contributed by atoms with van der Waals surface area (Å²) in [5.41, 5.74) is 0.373. The highest BCUT2D eigenvalue weighted by Gasteiger charge is 2.28. The molecular formula is C13H16F5NO2. The van der Waals surface area contributed by atoms with E-state index in [0.717, 1.165) is 12.1 Å². The van der Waals surface area contributed by atoms with E-state index in [4.69, 9.17) is 0 Å². The molecule has 1 aromatic carbocycles. The Hall–Kier alpha value is -1.41. The van der Waals surface area contributed by atoms with E-state index in [-0.39, 0.29) is 12.6 Å². The summed E-state index contributed by atoms with van der Waals surface area (Å²) in [6.45, 7) is 2.56. The predicted octanol–water partition coefficient (Wildman–Crippen LogP) is 3.38. The first kappa shape index (κ1) is 17.6. The Morgan fingerprint density at radius 2 is 1.67 bits per heavy atom. The lowest BCUT2D eigenvalue weighted by molar-refractivity contribution is -0.325. The zero-order valence-corrected chi connectivity index (χ0v) is 11.6. The van der Waals surface area contributed by atoms with Crippen LogP contribution in [0.3, 0.4) is 0 Å². The standard InChI is InChI=1S/C13H16F5NO2/c1-8(2)19-7-9-5-10(14)12(11(15)6-9)20-3-4-21-13(16,17)18/h5-6,8,19H,3-4,7H2,1-2H3. The highest BCUT2D eigenvalue weighted by Crippen LogP contribution is 2.24. The Morgan fingerprint density at radius 1 is 1.10 bits per heavy atom. The third-order valence-corrected chi connectivity index (χ3v) is 2.37. The van der Waals surface area contributed by atoms with Crippen LogP contribution in [0.4, 0.5) is 22.0 Å². The van der Waals surface area contributed by atoms with Gasteiger partial charge in [-0.2, -0.15) is 0 Å². The van der Waals surface area contributed by atoms with Crippen molar-refractivity contribution in [3.8, 4) is 5.75 Å². The molecule has 3 nitrogen and oxygen atoms in total. The lowest BCUT2D eigenvalue weighted by Gasteiger charge is -2.12. The van der Waals surface area contributed by atoms with Gasteiger partial charge >= 0.3 is 6.36 Å². The van der Waals surface area contributed by atoms with Crippen LogP contribution < -0.4 is 10.1 Å². The van der Waals surface area contributed by atoms with E-state index < -0.39 is 37.0 Å². The highest BCUT2D eigenvalue weighted by atomic mass is 19.4. The fraction of sp³-hybridized carbons (Fsp3) is 0.538. The first-order chi connectivity index (χ1) is 9.69. The molecule has 0 saturated heterocycles. The molecule has 21 heavy (non-hydrogen) atoms. The largest absolute Gasteiger partial charge is 0.522 e. The third-order valence-electron chi connectivity index (χ3n) is 2.37. The second-order valence-electron chi connectivity index (χ2n) is 4.57. The van der Waals surface area contributed by atoms with Crippen LogP contribution in [0, 0.1) is 11.6 Å². The van der Waals surface area contributed by atoms with Gasteiger partial charge in [0.15, 0.2) is 17.4 Å². The van der Waals surface area contributed by atoms with Gasteiger partial charge in [0.25, 0.3) is 0 Å². The minimum Gasteiger partial charge on any atom is -0.485 e. The van der Waals surface area contributed by atoms with Crippen LogP contribution in [0.25, 0.3) is 0 Å². The van der Waals surface area contributed by atoms with E-state index in [1.165, 1.54) is 0 Å². The maximum absolute atomic E-state index is 13.6. The Balaban J connectivity index is 2.59. The fourth-order valence-electron chi connectivity index (χ4n) is 1.48. The third kappa shape index (κ3) is 6.72. The van der Waals surface area contributed by atoms with Gasteiger partial charge in [0.05, 0.1) is 6.61 Å². The smallest absolute Gasteiger partial charge is 0.485 e. The lowest BCUT2D eigenvalue weighted by atomic mass is 10.2. The van der Waals surface area contributed by atoms with E-state index in [0.29, 0.717) is 5.56 Å². The van der Waals surface area contributed by atoms with Crippen LogP contribution in [0.2, 0.25) is 0 Å². The number of benzene rings is 1. The number of hydrogen-bond donors (Lipinski definition) is 1. The van der Waals surface area contributed by atoms with Crippen molar-refractivity contribution in [2.45, 2.75) is 32.8 Å². The van der Waals surface area contributed by atoms with Crippen molar-refractivity contribution in [2.24, 2.45) is 0 Å². The maximum atomic E-state index is 13.6. The van der Waals surface area contributed by atoms with Crippen LogP contribution in [-0.4, -0.2) is 25.6 Å². The molecule has 1 rings (SSSR count). The summed E-state index contributed by atoms with van der Waals surface area (Å²) in [4.78, 5) is 0. The van der Waals surface area contributed by atoms with Crippen LogP contribution in [0.15, 0.2) is 12.1 Å². The highest BCUT2D eigenvalue weighted by molar-refractivity contribution is 5.31. The molecule has 0 aliphatic rings. The van der Waals surface area contributed by atoms with Gasteiger partial charge < -0.3 is 10.1 Å². The zero-order chi connectivity index (χ0) is 16.0. The Bertz CT molecular complexity index is 439. The molecule has 0 radical (unpaired) electrons. The quantitative estimate of drug-likeness (QED) is 0.618. The molecule has 0 spiro atoms. The number of halogens is 5. The number of alkyl halides is 3. The molecule has 0 fully saturated rings. The van der Waals surface area contributed by atoms with Crippen molar-refractivity contribution in [2.75, 3.05) is 13.2 Å². The molecule has 0 atom stereocenters.